The van der Waals surface area contributed by atoms with Crippen molar-refractivity contribution >= 4 is 0 Å². The summed E-state index contributed by atoms with van der Waals surface area (Å²) in [5.41, 5.74) is 0. The van der Waals surface area contributed by atoms with Crippen LogP contribution >= 0.6 is 0 Å². The van der Waals surface area contributed by atoms with E-state index in [1.165, 1.54) is 0 Å². The fraction of sp³-hybridized carbons (Fsp3) is 0. The van der Waals surface area contributed by atoms with Gasteiger partial charge < -0.3 is 0 Å². The van der Waals surface area contributed by atoms with Crippen molar-refractivity contribution in [2.75, 3.05) is 0 Å². The molecular weight excluding hydrogens is 60.1 g/mol. The molecule has 0 aromatic carbocycles. The predicted molar refractivity (Wildman–Crippen MR) is 18.6 cm³/mol. The van der Waals surface area contributed by atoms with E-state index < -0.39 is 0 Å². The van der Waals surface area contributed by atoms with Gasteiger partial charge in [0.1, 0.15) is 0 Å². The van der Waals surface area contributed by atoms with Crippen molar-refractivity contribution in [3.8, 4) is 11.8 Å². The van der Waals surface area contributed by atoms with Crippen LogP contribution in [0.4, 0.5) is 0 Å². The minimum atomic E-state index is 1.08. The molecule has 0 aliphatic carbocycles. The van der Waals surface area contributed by atoms with E-state index in [0.29, 0.717) is 0 Å². The van der Waals surface area contributed by atoms with E-state index in [-0.39, 0.29) is 0 Å². The summed E-state index contributed by atoms with van der Waals surface area (Å²) in [7, 11) is 0. The first kappa shape index (κ1) is 4.34. The van der Waals surface area contributed by atoms with Crippen molar-refractivity contribution in [1.82, 2.24) is 0 Å². The van der Waals surface area contributed by atoms with Gasteiger partial charge in [0.25, 0.3) is 0 Å². The maximum absolute atomic E-state index is 6.11. The Morgan fingerprint density at radius 3 is 2.40 bits per heavy atom. The molecule has 0 fully saturated rings. The van der Waals surface area contributed by atoms with Gasteiger partial charge in [0.2, 0.25) is 0 Å². The van der Waals surface area contributed by atoms with E-state index in [4.69, 9.17) is 12.8 Å². The van der Waals surface area contributed by atoms with E-state index in [0.717, 1.165) is 6.42 Å². The summed E-state index contributed by atoms with van der Waals surface area (Å²) in [6, 6.07) is 0. The zero-order valence-corrected chi connectivity index (χ0v) is 2.58. The third kappa shape index (κ3) is 3.34. The molecule has 0 N–H and O–H groups in total. The Balaban J connectivity index is 2.86. The summed E-state index contributed by atoms with van der Waals surface area (Å²) in [5.74, 6) is 3.69. The average molecular weight is 61.1 g/mol. The topological polar surface area (TPSA) is 0 Å². The first-order valence-electron chi connectivity index (χ1n) is 1.08. The van der Waals surface area contributed by atoms with Crippen molar-refractivity contribution in [2.24, 2.45) is 0 Å². The summed E-state index contributed by atoms with van der Waals surface area (Å²) >= 11 is 0. The maximum atomic E-state index is 6.11. The van der Waals surface area contributed by atoms with Crippen molar-refractivity contribution in [2.45, 2.75) is 0 Å². The second-order valence-electron chi connectivity index (χ2n) is 0.433. The summed E-state index contributed by atoms with van der Waals surface area (Å²) in [5, 5.41) is 0. The second-order valence-corrected chi connectivity index (χ2v) is 0.433. The van der Waals surface area contributed by atoms with Gasteiger partial charge in [-0.05, 0) is 0 Å². The molecule has 0 aliphatic heterocycles. The van der Waals surface area contributed by atoms with E-state index in [9.17, 15) is 0 Å². The Bertz CT molecular complexity index is 65.2. The molecule has 0 heterocycles. The number of hydrogen-bond donors (Lipinski definition) is 0. The third-order valence-corrected chi connectivity index (χ3v) is 0.144. The molecular formula is C5H. The van der Waals surface area contributed by atoms with Gasteiger partial charge in [-0.25, -0.2) is 0 Å². The van der Waals surface area contributed by atoms with Gasteiger partial charge in [-0.1, -0.05) is 0 Å². The second kappa shape index (κ2) is 3.34. The van der Waals surface area contributed by atoms with Crippen molar-refractivity contribution in [1.29, 1.82) is 0 Å². The molecule has 0 aliphatic rings. The zero-order chi connectivity index (χ0) is 4.12. The first-order valence-corrected chi connectivity index (χ1v) is 1.08. The van der Waals surface area contributed by atoms with Gasteiger partial charge in [0, 0.05) is 0 Å². The molecule has 0 nitrogen and oxygen atoms in total. The normalized spacial score (nSPS) is 5.00. The zero-order valence-electron chi connectivity index (χ0n) is 2.58. The van der Waals surface area contributed by atoms with Crippen LogP contribution in [-0.2, 0) is 0 Å². The SMILES string of the molecule is [C+]#C[CH]C#[C-]. The van der Waals surface area contributed by atoms with Gasteiger partial charge in [-0.3, -0.25) is 0 Å². The Hall–Kier alpha value is -0.660. The fourth-order valence-electron chi connectivity index (χ4n) is 0.0361. The molecule has 0 bridgehead atoms. The van der Waals surface area contributed by atoms with Gasteiger partial charge in [0.05, 0.1) is 0 Å². The van der Waals surface area contributed by atoms with Gasteiger partial charge >= 0.3 is 31.1 Å². The molecule has 0 rings (SSSR count). The van der Waals surface area contributed by atoms with Gasteiger partial charge in [-0.15, -0.1) is 0 Å². The van der Waals surface area contributed by atoms with Crippen molar-refractivity contribution in [3.63, 3.8) is 0 Å². The molecule has 0 spiro atoms. The molecule has 21 valence electrons. The summed E-state index contributed by atoms with van der Waals surface area (Å²) < 4.78 is 0. The van der Waals surface area contributed by atoms with Crippen LogP contribution < -0.4 is 0 Å². The third-order valence-electron chi connectivity index (χ3n) is 0.144. The molecule has 0 saturated heterocycles. The molecule has 5 heavy (non-hydrogen) atoms. The Kier molecular flexibility index (Phi) is 2.90. The first-order chi connectivity index (χ1) is 2.41. The van der Waals surface area contributed by atoms with Crippen LogP contribution in [0.15, 0.2) is 0 Å². The number of hydrogen-bond acceptors (Lipinski definition) is 0. The minimum absolute atomic E-state index is 1.08. The fourth-order valence-corrected chi connectivity index (χ4v) is 0.0361. The van der Waals surface area contributed by atoms with E-state index >= 15 is 0 Å². The molecule has 1 radical (unpaired) electrons. The van der Waals surface area contributed by atoms with Gasteiger partial charge in [0.15, 0.2) is 0 Å². The Labute approximate surface area is 32.2 Å². The van der Waals surface area contributed by atoms with Crippen LogP contribution in [0.3, 0.4) is 0 Å². The van der Waals surface area contributed by atoms with Crippen LogP contribution in [0.1, 0.15) is 0 Å². The molecule has 0 amide bonds. The molecule has 0 aromatic rings. The predicted octanol–water partition coefficient (Wildman–Crippen LogP) is 0.370. The van der Waals surface area contributed by atoms with Crippen LogP contribution in [0.2, 0.25) is 0 Å². The Morgan fingerprint density at radius 2 is 2.40 bits per heavy atom. The standard InChI is InChI=1S/C5H/c1-3-5-4-2/h5H. The van der Waals surface area contributed by atoms with Crippen molar-refractivity contribution in [3.05, 3.63) is 19.3 Å². The average Bonchev–Trinajstić information content (AvgIpc) is 1.41. The molecule has 0 saturated carbocycles. The summed E-state index contributed by atoms with van der Waals surface area (Å²) in [4.78, 5) is 0. The molecule has 0 unspecified atom stereocenters. The van der Waals surface area contributed by atoms with Crippen LogP contribution in [0, 0.1) is 31.1 Å². The summed E-state index contributed by atoms with van der Waals surface area (Å²) in [6.45, 7) is 0. The monoisotopic (exact) mass is 61.0 g/mol. The van der Waals surface area contributed by atoms with Crippen LogP contribution in [0.25, 0.3) is 0 Å². The van der Waals surface area contributed by atoms with E-state index in [1.807, 2.05) is 11.8 Å². The number of rotatable bonds is 0. The summed E-state index contributed by atoms with van der Waals surface area (Å²) in [6.07, 6.45) is 13.3. The van der Waals surface area contributed by atoms with Gasteiger partial charge in [-0.2, -0.15) is 0 Å². The van der Waals surface area contributed by atoms with E-state index in [2.05, 4.69) is 0 Å². The van der Waals surface area contributed by atoms with Crippen LogP contribution in [0.5, 0.6) is 0 Å². The molecule has 0 heteroatoms. The van der Waals surface area contributed by atoms with E-state index in [1.54, 1.807) is 0 Å². The Morgan fingerprint density at radius 1 is 1.80 bits per heavy atom. The van der Waals surface area contributed by atoms with Crippen LogP contribution in [-0.4, -0.2) is 0 Å². The quantitative estimate of drug-likeness (QED) is 0.280. The van der Waals surface area contributed by atoms with Crippen molar-refractivity contribution < 1.29 is 0 Å². The molecule has 0 aromatic heterocycles. The molecule has 0 atom stereocenters.